The Hall–Kier alpha value is -2.87. The lowest BCUT2D eigenvalue weighted by atomic mass is 10.1. The van der Waals surface area contributed by atoms with E-state index >= 15 is 0 Å². The highest BCUT2D eigenvalue weighted by Crippen LogP contribution is 2.11. The maximum absolute atomic E-state index is 5.21. The molecule has 8 heteroatoms. The molecule has 0 radical (unpaired) electrons. The van der Waals surface area contributed by atoms with Crippen molar-refractivity contribution < 1.29 is 4.74 Å². The molecule has 0 bridgehead atoms. The molecule has 3 rings (SSSR count). The number of anilines is 1. The molecule has 1 fully saturated rings. The number of hydrogen-bond donors (Lipinski definition) is 2. The third-order valence-electron chi connectivity index (χ3n) is 5.32. The van der Waals surface area contributed by atoms with E-state index < -0.39 is 0 Å². The monoisotopic (exact) mass is 425 g/mol. The van der Waals surface area contributed by atoms with Gasteiger partial charge in [0.15, 0.2) is 5.96 Å². The summed E-state index contributed by atoms with van der Waals surface area (Å²) in [4.78, 5) is 18.2. The standard InChI is InChI=1S/C23H35N7O/c1-3-24-22(26-14-10-20-6-8-21(31-2)9-7-20)25-13-5-15-29-16-18-30(19-17-29)23-27-11-4-12-28-23/h4,6-9,11-12H,3,5,10,13-19H2,1-2H3,(H2,24,25,26). The van der Waals surface area contributed by atoms with Crippen LogP contribution >= 0.6 is 0 Å². The maximum atomic E-state index is 5.21. The van der Waals surface area contributed by atoms with Crippen LogP contribution in [0.15, 0.2) is 47.7 Å². The van der Waals surface area contributed by atoms with Gasteiger partial charge in [-0.25, -0.2) is 9.97 Å². The number of aliphatic imine (C=N–C) groups is 1. The molecule has 1 aromatic carbocycles. The molecule has 2 aromatic rings. The van der Waals surface area contributed by atoms with Crippen LogP contribution in [-0.2, 0) is 6.42 Å². The maximum Gasteiger partial charge on any atom is 0.225 e. The van der Waals surface area contributed by atoms with E-state index in [0.29, 0.717) is 0 Å². The molecular formula is C23H35N7O. The molecular weight excluding hydrogens is 390 g/mol. The van der Waals surface area contributed by atoms with E-state index in [1.54, 1.807) is 19.5 Å². The van der Waals surface area contributed by atoms with Gasteiger partial charge in [-0.2, -0.15) is 0 Å². The molecule has 1 saturated heterocycles. The van der Waals surface area contributed by atoms with Gasteiger partial charge in [0, 0.05) is 64.8 Å². The van der Waals surface area contributed by atoms with Crippen molar-refractivity contribution in [2.45, 2.75) is 19.8 Å². The van der Waals surface area contributed by atoms with E-state index in [2.05, 4.69) is 49.5 Å². The largest absolute Gasteiger partial charge is 0.497 e. The second-order valence-electron chi connectivity index (χ2n) is 7.52. The Morgan fingerprint density at radius 2 is 1.81 bits per heavy atom. The van der Waals surface area contributed by atoms with Gasteiger partial charge in [-0.1, -0.05) is 12.1 Å². The number of rotatable bonds is 10. The molecule has 1 aliphatic heterocycles. The smallest absolute Gasteiger partial charge is 0.225 e. The zero-order chi connectivity index (χ0) is 21.7. The normalized spacial score (nSPS) is 15.0. The number of piperazine rings is 1. The lowest BCUT2D eigenvalue weighted by molar-refractivity contribution is 0.255. The average Bonchev–Trinajstić information content (AvgIpc) is 2.83. The van der Waals surface area contributed by atoms with E-state index in [-0.39, 0.29) is 0 Å². The van der Waals surface area contributed by atoms with Crippen LogP contribution in [0.25, 0.3) is 0 Å². The molecule has 2 heterocycles. The first-order chi connectivity index (χ1) is 15.3. The molecule has 2 N–H and O–H groups in total. The van der Waals surface area contributed by atoms with Crippen molar-refractivity contribution in [3.05, 3.63) is 48.3 Å². The van der Waals surface area contributed by atoms with Gasteiger partial charge in [0.2, 0.25) is 5.95 Å². The Bertz CT molecular complexity index is 774. The van der Waals surface area contributed by atoms with E-state index in [9.17, 15) is 0 Å². The first-order valence-corrected chi connectivity index (χ1v) is 11.2. The molecule has 0 atom stereocenters. The number of ether oxygens (including phenoxy) is 1. The summed E-state index contributed by atoms with van der Waals surface area (Å²) in [6.45, 7) is 9.73. The Morgan fingerprint density at radius 3 is 2.48 bits per heavy atom. The highest BCUT2D eigenvalue weighted by molar-refractivity contribution is 5.79. The second-order valence-corrected chi connectivity index (χ2v) is 7.52. The Balaban J connectivity index is 1.33. The third-order valence-corrected chi connectivity index (χ3v) is 5.32. The van der Waals surface area contributed by atoms with Gasteiger partial charge in [-0.05, 0) is 43.5 Å². The highest BCUT2D eigenvalue weighted by Gasteiger charge is 2.18. The fourth-order valence-corrected chi connectivity index (χ4v) is 3.57. The van der Waals surface area contributed by atoms with Crippen molar-refractivity contribution in [2.24, 2.45) is 4.99 Å². The van der Waals surface area contributed by atoms with Crippen LogP contribution in [0.3, 0.4) is 0 Å². The fourth-order valence-electron chi connectivity index (χ4n) is 3.57. The molecule has 0 aliphatic carbocycles. The van der Waals surface area contributed by atoms with Crippen molar-refractivity contribution in [1.82, 2.24) is 25.5 Å². The summed E-state index contributed by atoms with van der Waals surface area (Å²) in [6.07, 6.45) is 5.61. The van der Waals surface area contributed by atoms with Crippen LogP contribution in [0.2, 0.25) is 0 Å². The average molecular weight is 426 g/mol. The van der Waals surface area contributed by atoms with Crippen LogP contribution < -0.4 is 20.3 Å². The van der Waals surface area contributed by atoms with Crippen LogP contribution in [0.4, 0.5) is 5.95 Å². The van der Waals surface area contributed by atoms with E-state index in [0.717, 1.165) is 82.9 Å². The van der Waals surface area contributed by atoms with Gasteiger partial charge < -0.3 is 20.3 Å². The number of nitrogens with one attached hydrogen (secondary N) is 2. The van der Waals surface area contributed by atoms with Crippen LogP contribution in [0, 0.1) is 0 Å². The van der Waals surface area contributed by atoms with Crippen molar-refractivity contribution in [1.29, 1.82) is 0 Å². The number of aromatic nitrogens is 2. The first-order valence-electron chi connectivity index (χ1n) is 11.2. The van der Waals surface area contributed by atoms with Gasteiger partial charge in [0.1, 0.15) is 5.75 Å². The molecule has 1 aliphatic rings. The summed E-state index contributed by atoms with van der Waals surface area (Å²) in [5.41, 5.74) is 1.28. The van der Waals surface area contributed by atoms with Crippen molar-refractivity contribution in [3.63, 3.8) is 0 Å². The van der Waals surface area contributed by atoms with Crippen LogP contribution in [-0.4, -0.2) is 80.3 Å². The Kier molecular flexibility index (Phi) is 9.37. The minimum absolute atomic E-state index is 0.819. The Labute approximate surface area is 185 Å². The quantitative estimate of drug-likeness (QED) is 0.341. The molecule has 1 aromatic heterocycles. The van der Waals surface area contributed by atoms with Gasteiger partial charge in [-0.3, -0.25) is 9.89 Å². The minimum atomic E-state index is 0.819. The summed E-state index contributed by atoms with van der Waals surface area (Å²) in [5.74, 6) is 2.62. The second kappa shape index (κ2) is 12.7. The first kappa shape index (κ1) is 22.8. The molecule has 0 unspecified atom stereocenters. The number of hydrogen-bond acceptors (Lipinski definition) is 6. The lowest BCUT2D eigenvalue weighted by Crippen LogP contribution is -2.47. The molecule has 0 amide bonds. The summed E-state index contributed by atoms with van der Waals surface area (Å²) in [6, 6.07) is 10.1. The molecule has 168 valence electrons. The number of nitrogens with zero attached hydrogens (tertiary/aromatic N) is 5. The van der Waals surface area contributed by atoms with Crippen molar-refractivity contribution in [3.8, 4) is 5.75 Å². The van der Waals surface area contributed by atoms with Gasteiger partial charge in [-0.15, -0.1) is 0 Å². The Morgan fingerprint density at radius 1 is 1.06 bits per heavy atom. The molecule has 31 heavy (non-hydrogen) atoms. The number of benzene rings is 1. The topological polar surface area (TPSA) is 77.9 Å². The minimum Gasteiger partial charge on any atom is -0.497 e. The van der Waals surface area contributed by atoms with Crippen molar-refractivity contribution >= 4 is 11.9 Å². The van der Waals surface area contributed by atoms with E-state index in [1.807, 2.05) is 18.2 Å². The van der Waals surface area contributed by atoms with Gasteiger partial charge >= 0.3 is 0 Å². The molecule has 0 spiro atoms. The summed E-state index contributed by atoms with van der Waals surface area (Å²) < 4.78 is 5.21. The number of methoxy groups -OCH3 is 1. The highest BCUT2D eigenvalue weighted by atomic mass is 16.5. The van der Waals surface area contributed by atoms with Gasteiger partial charge in [0.25, 0.3) is 0 Å². The van der Waals surface area contributed by atoms with Crippen LogP contribution in [0.1, 0.15) is 18.9 Å². The summed E-state index contributed by atoms with van der Waals surface area (Å²) in [7, 11) is 1.69. The van der Waals surface area contributed by atoms with E-state index in [1.165, 1.54) is 5.56 Å². The zero-order valence-electron chi connectivity index (χ0n) is 18.8. The van der Waals surface area contributed by atoms with Crippen molar-refractivity contribution in [2.75, 3.05) is 64.4 Å². The van der Waals surface area contributed by atoms with Crippen LogP contribution in [0.5, 0.6) is 5.75 Å². The van der Waals surface area contributed by atoms with E-state index in [4.69, 9.17) is 9.73 Å². The SMILES string of the molecule is CCNC(=NCCCN1CCN(c2ncccn2)CC1)NCCc1ccc(OC)cc1. The fraction of sp³-hybridized carbons (Fsp3) is 0.522. The lowest BCUT2D eigenvalue weighted by Gasteiger charge is -2.34. The predicted molar refractivity (Wildman–Crippen MR) is 126 cm³/mol. The molecule has 0 saturated carbocycles. The molecule has 8 nitrogen and oxygen atoms in total. The summed E-state index contributed by atoms with van der Waals surface area (Å²) >= 11 is 0. The summed E-state index contributed by atoms with van der Waals surface area (Å²) in [5, 5.41) is 6.77. The predicted octanol–water partition coefficient (Wildman–Crippen LogP) is 1.80. The number of guanidine groups is 1. The zero-order valence-corrected chi connectivity index (χ0v) is 18.8. The van der Waals surface area contributed by atoms with Gasteiger partial charge in [0.05, 0.1) is 7.11 Å². The third kappa shape index (κ3) is 7.71.